The molecule has 4 heteroatoms. The molecule has 0 aromatic heterocycles. The van der Waals surface area contributed by atoms with Crippen LogP contribution in [0.3, 0.4) is 0 Å². The third kappa shape index (κ3) is 4.37. The van der Waals surface area contributed by atoms with Gasteiger partial charge in [0.25, 0.3) is 0 Å². The van der Waals surface area contributed by atoms with Crippen LogP contribution in [0.25, 0.3) is 0 Å². The van der Waals surface area contributed by atoms with Crippen molar-refractivity contribution in [1.82, 2.24) is 4.90 Å². The summed E-state index contributed by atoms with van der Waals surface area (Å²) < 4.78 is 0.988. The number of rotatable bonds is 6. The highest BCUT2D eigenvalue weighted by atomic mass is 79.9. The molecule has 0 saturated carbocycles. The highest BCUT2D eigenvalue weighted by molar-refractivity contribution is 9.10. The van der Waals surface area contributed by atoms with Crippen LogP contribution in [0.4, 0.5) is 5.69 Å². The van der Waals surface area contributed by atoms with Crippen LogP contribution in [0, 0.1) is 11.3 Å². The summed E-state index contributed by atoms with van der Waals surface area (Å²) in [4.78, 5) is 2.34. The van der Waals surface area contributed by atoms with Crippen molar-refractivity contribution in [3.05, 3.63) is 28.2 Å². The van der Waals surface area contributed by atoms with Gasteiger partial charge < -0.3 is 10.2 Å². The van der Waals surface area contributed by atoms with Gasteiger partial charge in [-0.25, -0.2) is 0 Å². The number of hydrogen-bond donors (Lipinski definition) is 1. The summed E-state index contributed by atoms with van der Waals surface area (Å²) in [5.74, 6) is 0. The second-order valence-electron chi connectivity index (χ2n) is 3.76. The lowest BCUT2D eigenvalue weighted by molar-refractivity contribution is 0.316. The van der Waals surface area contributed by atoms with Gasteiger partial charge in [-0.3, -0.25) is 0 Å². The van der Waals surface area contributed by atoms with Gasteiger partial charge in [-0.05, 0) is 31.3 Å². The molecule has 1 rings (SSSR count). The second-order valence-corrected chi connectivity index (χ2v) is 4.67. The van der Waals surface area contributed by atoms with Gasteiger partial charge in [0.2, 0.25) is 0 Å². The summed E-state index contributed by atoms with van der Waals surface area (Å²) in [7, 11) is 0. The maximum Gasteiger partial charge on any atom is 0.101 e. The molecule has 0 heterocycles. The molecule has 0 radical (unpaired) electrons. The largest absolute Gasteiger partial charge is 0.383 e. The molecule has 1 aromatic carbocycles. The van der Waals surface area contributed by atoms with Gasteiger partial charge in [0.15, 0.2) is 0 Å². The Morgan fingerprint density at radius 2 is 2.06 bits per heavy atom. The molecule has 92 valence electrons. The van der Waals surface area contributed by atoms with E-state index in [1.165, 1.54) is 0 Å². The van der Waals surface area contributed by atoms with Crippen LogP contribution in [0.2, 0.25) is 0 Å². The lowest BCUT2D eigenvalue weighted by atomic mass is 10.2. The van der Waals surface area contributed by atoms with Crippen LogP contribution in [-0.4, -0.2) is 31.1 Å². The predicted octanol–water partition coefficient (Wildman–Crippen LogP) is 3.07. The Labute approximate surface area is 112 Å². The Morgan fingerprint density at radius 3 is 2.65 bits per heavy atom. The molecule has 17 heavy (non-hydrogen) atoms. The minimum Gasteiger partial charge on any atom is -0.383 e. The Hall–Kier alpha value is -1.05. The number of hydrogen-bond acceptors (Lipinski definition) is 3. The molecular formula is C13H18BrN3. The van der Waals surface area contributed by atoms with Gasteiger partial charge >= 0.3 is 0 Å². The standard InChI is InChI=1S/C13H18BrN3/c1-3-17(4-2)8-7-16-13-9-12(14)6-5-11(13)10-15/h5-6,9,16H,3-4,7-8H2,1-2H3. The van der Waals surface area contributed by atoms with E-state index in [2.05, 4.69) is 46.1 Å². The Bertz CT molecular complexity index is 394. The fourth-order valence-electron chi connectivity index (χ4n) is 1.65. The third-order valence-corrected chi connectivity index (χ3v) is 3.23. The molecule has 0 atom stereocenters. The number of anilines is 1. The molecule has 0 amide bonds. The van der Waals surface area contributed by atoms with Crippen molar-refractivity contribution in [3.8, 4) is 6.07 Å². The number of nitrogens with one attached hydrogen (secondary N) is 1. The van der Waals surface area contributed by atoms with E-state index in [1.807, 2.05) is 18.2 Å². The maximum absolute atomic E-state index is 8.99. The third-order valence-electron chi connectivity index (χ3n) is 2.74. The fraction of sp³-hybridized carbons (Fsp3) is 0.462. The molecule has 1 N–H and O–H groups in total. The molecule has 1 aromatic rings. The summed E-state index contributed by atoms with van der Waals surface area (Å²) in [6, 6.07) is 7.84. The smallest absolute Gasteiger partial charge is 0.101 e. The van der Waals surface area contributed by atoms with E-state index in [0.717, 1.165) is 36.3 Å². The van der Waals surface area contributed by atoms with Crippen molar-refractivity contribution in [2.24, 2.45) is 0 Å². The predicted molar refractivity (Wildman–Crippen MR) is 75.1 cm³/mol. The van der Waals surface area contributed by atoms with Crippen LogP contribution in [-0.2, 0) is 0 Å². The lowest BCUT2D eigenvalue weighted by Crippen LogP contribution is -2.28. The number of nitriles is 1. The van der Waals surface area contributed by atoms with Crippen LogP contribution >= 0.6 is 15.9 Å². The summed E-state index contributed by atoms with van der Waals surface area (Å²) in [5, 5.41) is 12.3. The first-order valence-corrected chi connectivity index (χ1v) is 6.66. The van der Waals surface area contributed by atoms with Gasteiger partial charge in [0.1, 0.15) is 6.07 Å². The molecule has 0 aliphatic heterocycles. The van der Waals surface area contributed by atoms with E-state index in [0.29, 0.717) is 5.56 Å². The van der Waals surface area contributed by atoms with Crippen LogP contribution < -0.4 is 5.32 Å². The van der Waals surface area contributed by atoms with E-state index < -0.39 is 0 Å². The van der Waals surface area contributed by atoms with Gasteiger partial charge in [0.05, 0.1) is 11.3 Å². The summed E-state index contributed by atoms with van der Waals surface area (Å²) in [6.07, 6.45) is 0. The molecule has 0 unspecified atom stereocenters. The van der Waals surface area contributed by atoms with Crippen molar-refractivity contribution in [2.75, 3.05) is 31.5 Å². The molecule has 0 aliphatic carbocycles. The van der Waals surface area contributed by atoms with Crippen molar-refractivity contribution in [2.45, 2.75) is 13.8 Å². The lowest BCUT2D eigenvalue weighted by Gasteiger charge is -2.18. The molecule has 0 saturated heterocycles. The second kappa shape index (κ2) is 7.31. The Kier molecular flexibility index (Phi) is 6.03. The quantitative estimate of drug-likeness (QED) is 0.877. The zero-order chi connectivity index (χ0) is 12.7. The van der Waals surface area contributed by atoms with Crippen LogP contribution in [0.1, 0.15) is 19.4 Å². The molecule has 0 fully saturated rings. The Morgan fingerprint density at radius 1 is 1.35 bits per heavy atom. The zero-order valence-electron chi connectivity index (χ0n) is 10.3. The average Bonchev–Trinajstić information content (AvgIpc) is 2.35. The van der Waals surface area contributed by atoms with E-state index >= 15 is 0 Å². The monoisotopic (exact) mass is 295 g/mol. The van der Waals surface area contributed by atoms with Crippen molar-refractivity contribution >= 4 is 21.6 Å². The minimum atomic E-state index is 0.688. The molecule has 0 aliphatic rings. The first-order chi connectivity index (χ1) is 8.21. The van der Waals surface area contributed by atoms with Crippen LogP contribution in [0.5, 0.6) is 0 Å². The highest BCUT2D eigenvalue weighted by Crippen LogP contribution is 2.20. The van der Waals surface area contributed by atoms with E-state index in [9.17, 15) is 0 Å². The van der Waals surface area contributed by atoms with Gasteiger partial charge in [0, 0.05) is 17.6 Å². The van der Waals surface area contributed by atoms with Crippen LogP contribution in [0.15, 0.2) is 22.7 Å². The number of likely N-dealkylation sites (N-methyl/N-ethyl adjacent to an activating group) is 1. The summed E-state index contributed by atoms with van der Waals surface area (Å²) >= 11 is 3.41. The van der Waals surface area contributed by atoms with Crippen molar-refractivity contribution < 1.29 is 0 Å². The van der Waals surface area contributed by atoms with Gasteiger partial charge in [-0.2, -0.15) is 5.26 Å². The van der Waals surface area contributed by atoms with Gasteiger partial charge in [-0.15, -0.1) is 0 Å². The molecule has 0 bridgehead atoms. The molecule has 3 nitrogen and oxygen atoms in total. The van der Waals surface area contributed by atoms with Crippen molar-refractivity contribution in [1.29, 1.82) is 5.26 Å². The maximum atomic E-state index is 8.99. The van der Waals surface area contributed by atoms with Gasteiger partial charge in [-0.1, -0.05) is 29.8 Å². The SMILES string of the molecule is CCN(CC)CCNc1cc(Br)ccc1C#N. The Balaban J connectivity index is 2.57. The van der Waals surface area contributed by atoms with E-state index in [-0.39, 0.29) is 0 Å². The topological polar surface area (TPSA) is 39.1 Å². The summed E-state index contributed by atoms with van der Waals surface area (Å²) in [6.45, 7) is 8.27. The van der Waals surface area contributed by atoms with E-state index in [1.54, 1.807) is 0 Å². The number of halogens is 1. The molecular weight excluding hydrogens is 278 g/mol. The normalized spacial score (nSPS) is 10.3. The first kappa shape index (κ1) is 14.0. The number of benzene rings is 1. The average molecular weight is 296 g/mol. The zero-order valence-corrected chi connectivity index (χ0v) is 11.9. The number of nitrogens with zero attached hydrogens (tertiary/aromatic N) is 2. The first-order valence-electron chi connectivity index (χ1n) is 5.87. The highest BCUT2D eigenvalue weighted by Gasteiger charge is 2.03. The minimum absolute atomic E-state index is 0.688. The van der Waals surface area contributed by atoms with Crippen molar-refractivity contribution in [3.63, 3.8) is 0 Å². The summed E-state index contributed by atoms with van der Waals surface area (Å²) in [5.41, 5.74) is 1.58. The van der Waals surface area contributed by atoms with E-state index in [4.69, 9.17) is 5.26 Å². The molecule has 0 spiro atoms. The fourth-order valence-corrected chi connectivity index (χ4v) is 2.01.